The van der Waals surface area contributed by atoms with Gasteiger partial charge in [-0.25, -0.2) is 13.8 Å². The van der Waals surface area contributed by atoms with Crippen LogP contribution in [0.15, 0.2) is 30.3 Å². The van der Waals surface area contributed by atoms with Crippen LogP contribution in [0.5, 0.6) is 0 Å². The van der Waals surface area contributed by atoms with Crippen LogP contribution in [-0.2, 0) is 6.54 Å². The molecule has 0 aliphatic carbocycles. The Labute approximate surface area is 127 Å². The van der Waals surface area contributed by atoms with Gasteiger partial charge in [0.05, 0.1) is 11.0 Å². The van der Waals surface area contributed by atoms with Gasteiger partial charge in [-0.05, 0) is 31.0 Å². The van der Waals surface area contributed by atoms with Gasteiger partial charge in [0.25, 0.3) is 0 Å². The molecule has 0 saturated heterocycles. The Hall–Kier alpha value is -2.27. The number of rotatable bonds is 3. The highest BCUT2D eigenvalue weighted by atomic mass is 19.2. The monoisotopic (exact) mass is 301 g/mol. The molecule has 0 aliphatic heterocycles. The zero-order valence-electron chi connectivity index (χ0n) is 12.5. The Morgan fingerprint density at radius 3 is 2.45 bits per heavy atom. The van der Waals surface area contributed by atoms with E-state index in [1.165, 1.54) is 11.6 Å². The van der Waals surface area contributed by atoms with E-state index in [0.29, 0.717) is 29.9 Å². The van der Waals surface area contributed by atoms with Crippen molar-refractivity contribution >= 4 is 11.0 Å². The van der Waals surface area contributed by atoms with Crippen molar-refractivity contribution in [2.45, 2.75) is 20.4 Å². The Kier molecular flexibility index (Phi) is 3.66. The minimum absolute atomic E-state index is 0.391. The van der Waals surface area contributed by atoms with Crippen LogP contribution in [0.2, 0.25) is 0 Å². The second-order valence-corrected chi connectivity index (χ2v) is 5.43. The third kappa shape index (κ3) is 2.37. The first-order valence-electron chi connectivity index (χ1n) is 7.14. The molecule has 0 saturated carbocycles. The van der Waals surface area contributed by atoms with Gasteiger partial charge < -0.3 is 10.3 Å². The van der Waals surface area contributed by atoms with Gasteiger partial charge >= 0.3 is 0 Å². The maximum Gasteiger partial charge on any atom is 0.161 e. The van der Waals surface area contributed by atoms with E-state index < -0.39 is 11.6 Å². The molecule has 1 aromatic heterocycles. The van der Waals surface area contributed by atoms with E-state index in [2.05, 4.69) is 4.98 Å². The molecule has 3 aromatic rings. The number of aryl methyl sites for hydroxylation is 2. The minimum Gasteiger partial charge on any atom is -0.329 e. The number of fused-ring (bicyclic) bond motifs is 1. The number of hydrogen-bond donors (Lipinski definition) is 1. The lowest BCUT2D eigenvalue weighted by Gasteiger charge is -2.09. The molecule has 3 rings (SSSR count). The fraction of sp³-hybridized carbons (Fsp3) is 0.235. The lowest BCUT2D eigenvalue weighted by atomic mass is 10.1. The first kappa shape index (κ1) is 14.7. The number of aromatic nitrogens is 2. The van der Waals surface area contributed by atoms with Crippen LogP contribution in [0, 0.1) is 25.5 Å². The lowest BCUT2D eigenvalue weighted by molar-refractivity contribution is 0.510. The van der Waals surface area contributed by atoms with E-state index in [1.54, 1.807) is 0 Å². The summed E-state index contributed by atoms with van der Waals surface area (Å²) in [6.07, 6.45) is 0. The van der Waals surface area contributed by atoms with Gasteiger partial charge in [-0.3, -0.25) is 0 Å². The van der Waals surface area contributed by atoms with Gasteiger partial charge in [-0.2, -0.15) is 0 Å². The van der Waals surface area contributed by atoms with Crippen molar-refractivity contribution in [3.63, 3.8) is 0 Å². The van der Waals surface area contributed by atoms with E-state index in [-0.39, 0.29) is 0 Å². The van der Waals surface area contributed by atoms with Crippen molar-refractivity contribution in [1.82, 2.24) is 9.55 Å². The summed E-state index contributed by atoms with van der Waals surface area (Å²) in [5.41, 5.74) is 9.88. The summed E-state index contributed by atoms with van der Waals surface area (Å²) in [6, 6.07) is 8.30. The molecule has 0 aliphatic rings. The fourth-order valence-corrected chi connectivity index (χ4v) is 2.58. The summed E-state index contributed by atoms with van der Waals surface area (Å²) in [7, 11) is 0. The van der Waals surface area contributed by atoms with E-state index in [1.807, 2.05) is 36.6 Å². The Bertz CT molecular complexity index is 853. The average molecular weight is 301 g/mol. The van der Waals surface area contributed by atoms with Crippen LogP contribution < -0.4 is 5.73 Å². The molecular formula is C17H17F2N3. The van der Waals surface area contributed by atoms with Crippen LogP contribution in [0.1, 0.15) is 11.1 Å². The topological polar surface area (TPSA) is 43.8 Å². The highest BCUT2D eigenvalue weighted by Crippen LogP contribution is 2.27. The van der Waals surface area contributed by atoms with Gasteiger partial charge in [0.15, 0.2) is 11.6 Å². The maximum atomic E-state index is 13.6. The summed E-state index contributed by atoms with van der Waals surface area (Å²) < 4.78 is 28.8. The number of nitrogens with zero attached hydrogens (tertiary/aromatic N) is 2. The van der Waals surface area contributed by atoms with E-state index in [9.17, 15) is 8.78 Å². The second-order valence-electron chi connectivity index (χ2n) is 5.43. The largest absolute Gasteiger partial charge is 0.329 e. The molecule has 0 bridgehead atoms. The molecule has 22 heavy (non-hydrogen) atoms. The van der Waals surface area contributed by atoms with E-state index in [0.717, 1.165) is 17.2 Å². The molecule has 114 valence electrons. The van der Waals surface area contributed by atoms with Crippen molar-refractivity contribution < 1.29 is 8.78 Å². The Morgan fingerprint density at radius 1 is 1.05 bits per heavy atom. The highest BCUT2D eigenvalue weighted by Gasteiger charge is 2.15. The van der Waals surface area contributed by atoms with Crippen LogP contribution in [-0.4, -0.2) is 16.1 Å². The number of imidazole rings is 1. The highest BCUT2D eigenvalue weighted by molar-refractivity contribution is 5.81. The van der Waals surface area contributed by atoms with Gasteiger partial charge in [-0.1, -0.05) is 12.1 Å². The third-order valence-corrected chi connectivity index (χ3v) is 3.91. The van der Waals surface area contributed by atoms with E-state index in [4.69, 9.17) is 5.73 Å². The zero-order chi connectivity index (χ0) is 15.9. The van der Waals surface area contributed by atoms with Gasteiger partial charge in [0, 0.05) is 30.8 Å². The molecule has 2 N–H and O–H groups in total. The zero-order valence-corrected chi connectivity index (χ0v) is 12.5. The van der Waals surface area contributed by atoms with Gasteiger partial charge in [0.1, 0.15) is 5.82 Å². The van der Waals surface area contributed by atoms with Crippen molar-refractivity contribution in [3.8, 4) is 11.4 Å². The molecule has 0 spiro atoms. The molecular weight excluding hydrogens is 284 g/mol. The van der Waals surface area contributed by atoms with Crippen LogP contribution in [0.4, 0.5) is 8.78 Å². The molecule has 0 radical (unpaired) electrons. The standard InChI is InChI=1S/C17H17F2N3/c1-10-3-4-12(7-11(10)2)17-21-15-8-13(18)14(19)9-16(15)22(17)6-5-20/h3-4,7-9H,5-6,20H2,1-2H3. The first-order chi connectivity index (χ1) is 10.5. The summed E-state index contributed by atoms with van der Waals surface area (Å²) in [6.45, 7) is 4.94. The SMILES string of the molecule is Cc1ccc(-c2nc3cc(F)c(F)cc3n2CCN)cc1C. The summed E-state index contributed by atoms with van der Waals surface area (Å²) in [4.78, 5) is 4.47. The molecule has 0 atom stereocenters. The maximum absolute atomic E-state index is 13.6. The summed E-state index contributed by atoms with van der Waals surface area (Å²) in [5, 5.41) is 0. The normalized spacial score (nSPS) is 11.3. The smallest absolute Gasteiger partial charge is 0.161 e. The van der Waals surface area contributed by atoms with E-state index >= 15 is 0 Å². The van der Waals surface area contributed by atoms with Gasteiger partial charge in [-0.15, -0.1) is 0 Å². The fourth-order valence-electron chi connectivity index (χ4n) is 2.58. The average Bonchev–Trinajstić information content (AvgIpc) is 2.81. The summed E-state index contributed by atoms with van der Waals surface area (Å²) >= 11 is 0. The third-order valence-electron chi connectivity index (χ3n) is 3.91. The Morgan fingerprint density at radius 2 is 1.77 bits per heavy atom. The number of hydrogen-bond acceptors (Lipinski definition) is 2. The quantitative estimate of drug-likeness (QED) is 0.804. The molecule has 2 aromatic carbocycles. The van der Waals surface area contributed by atoms with Gasteiger partial charge in [0.2, 0.25) is 0 Å². The molecule has 1 heterocycles. The molecule has 0 unspecified atom stereocenters. The van der Waals surface area contributed by atoms with Crippen molar-refractivity contribution in [2.24, 2.45) is 5.73 Å². The van der Waals surface area contributed by atoms with Crippen LogP contribution in [0.25, 0.3) is 22.4 Å². The summed E-state index contributed by atoms with van der Waals surface area (Å²) in [5.74, 6) is -1.10. The first-order valence-corrected chi connectivity index (χ1v) is 7.14. The number of nitrogens with two attached hydrogens (primary N) is 1. The van der Waals surface area contributed by atoms with Crippen molar-refractivity contribution in [3.05, 3.63) is 53.1 Å². The predicted octanol–water partition coefficient (Wildman–Crippen LogP) is 3.56. The molecule has 3 nitrogen and oxygen atoms in total. The lowest BCUT2D eigenvalue weighted by Crippen LogP contribution is -2.11. The van der Waals surface area contributed by atoms with Crippen LogP contribution >= 0.6 is 0 Å². The number of benzene rings is 2. The van der Waals surface area contributed by atoms with Crippen molar-refractivity contribution in [1.29, 1.82) is 0 Å². The second kappa shape index (κ2) is 5.50. The minimum atomic E-state index is -0.892. The molecule has 5 heteroatoms. The molecule has 0 amide bonds. The predicted molar refractivity (Wildman–Crippen MR) is 83.6 cm³/mol. The van der Waals surface area contributed by atoms with Crippen molar-refractivity contribution in [2.75, 3.05) is 6.54 Å². The number of halogens is 2. The Balaban J connectivity index is 2.27. The molecule has 0 fully saturated rings. The van der Waals surface area contributed by atoms with Crippen LogP contribution in [0.3, 0.4) is 0 Å².